The normalized spacial score (nSPS) is 14.9. The quantitative estimate of drug-likeness (QED) is 0.220. The Labute approximate surface area is 249 Å². The predicted octanol–water partition coefficient (Wildman–Crippen LogP) is 4.73. The number of likely N-dealkylation sites (N-methyl/N-ethyl adjacent to an activating group) is 1. The van der Waals surface area contributed by atoms with Gasteiger partial charge in [-0.25, -0.2) is 4.79 Å². The molecule has 0 unspecified atom stereocenters. The Hall–Kier alpha value is -5.43. The summed E-state index contributed by atoms with van der Waals surface area (Å²) in [4.78, 5) is 54.2. The van der Waals surface area contributed by atoms with Gasteiger partial charge in [0.1, 0.15) is 17.8 Å². The van der Waals surface area contributed by atoms with Gasteiger partial charge in [0.25, 0.3) is 0 Å². The van der Waals surface area contributed by atoms with Gasteiger partial charge in [-0.15, -0.1) is 0 Å². The highest BCUT2D eigenvalue weighted by Gasteiger charge is 2.37. The number of benzene rings is 3. The van der Waals surface area contributed by atoms with Gasteiger partial charge in [0, 0.05) is 32.6 Å². The topological polar surface area (TPSA) is 125 Å². The van der Waals surface area contributed by atoms with E-state index in [9.17, 15) is 24.5 Å². The van der Waals surface area contributed by atoms with Gasteiger partial charge in [-0.1, -0.05) is 78.9 Å². The number of amides is 4. The van der Waals surface area contributed by atoms with Gasteiger partial charge in [-0.2, -0.15) is 0 Å². The third kappa shape index (κ3) is 6.90. The molecule has 4 amide bonds. The standard InChI is InChI=1S/C33H31N5O5/c1-36(22-23-10-3-2-4-11-23)32(40)28(21-24-17-18-25-12-5-6-13-26(25)20-24)34-31(39)30-16-9-19-37(30)33(41)35-27-14-7-8-15-29(27)38(42)43/h2-7,10-14,17-18,20,28,30H,9,16,19,21-22H2,1H3,(H,34,39)(H,35,41)/t28-,30-/m0/s1. The Kier molecular flexibility index (Phi) is 8.82. The molecule has 218 valence electrons. The second-order valence-electron chi connectivity index (χ2n) is 10.5. The molecular formula is C33H31N5O5. The monoisotopic (exact) mass is 577 g/mol. The average Bonchev–Trinajstić information content (AvgIpc) is 3.52. The van der Waals surface area contributed by atoms with Crippen LogP contribution in [0.4, 0.5) is 16.2 Å². The molecule has 1 aliphatic heterocycles. The van der Waals surface area contributed by atoms with Gasteiger partial charge in [0.2, 0.25) is 11.8 Å². The van der Waals surface area contributed by atoms with Gasteiger partial charge in [-0.05, 0) is 46.9 Å². The maximum absolute atomic E-state index is 13.8. The molecule has 0 aliphatic carbocycles. The Morgan fingerprint density at radius 1 is 1.02 bits per heavy atom. The first-order chi connectivity index (χ1) is 20.8. The molecule has 4 aromatic rings. The number of hydrogen-bond acceptors (Lipinski definition) is 5. The lowest BCUT2D eigenvalue weighted by molar-refractivity contribution is -0.384. The molecule has 1 saturated heterocycles. The van der Waals surface area contributed by atoms with E-state index in [-0.39, 0.29) is 24.6 Å². The predicted molar refractivity (Wildman–Crippen MR) is 162 cm³/mol. The molecule has 0 saturated carbocycles. The molecule has 43 heavy (non-hydrogen) atoms. The number of nitro groups is 1. The van der Waals surface area contributed by atoms with Gasteiger partial charge in [0.15, 0.2) is 0 Å². The van der Waals surface area contributed by atoms with Gasteiger partial charge in [0.05, 0.1) is 4.92 Å². The molecule has 0 radical (unpaired) electrons. The molecule has 10 nitrogen and oxygen atoms in total. The second kappa shape index (κ2) is 13.0. The first-order valence-electron chi connectivity index (χ1n) is 14.0. The van der Waals surface area contributed by atoms with Crippen molar-refractivity contribution in [3.05, 3.63) is 118 Å². The number of carbonyl (C=O) groups is 3. The summed E-state index contributed by atoms with van der Waals surface area (Å²) >= 11 is 0. The first-order valence-corrected chi connectivity index (χ1v) is 14.0. The molecule has 5 rings (SSSR count). The Balaban J connectivity index is 1.35. The van der Waals surface area contributed by atoms with E-state index in [2.05, 4.69) is 22.8 Å². The van der Waals surface area contributed by atoms with E-state index in [1.807, 2.05) is 72.8 Å². The van der Waals surface area contributed by atoms with E-state index >= 15 is 0 Å². The van der Waals surface area contributed by atoms with Gasteiger partial charge < -0.3 is 20.4 Å². The maximum atomic E-state index is 13.8. The summed E-state index contributed by atoms with van der Waals surface area (Å²) in [5.41, 5.74) is 1.39. The van der Waals surface area contributed by atoms with Crippen LogP contribution in [0.3, 0.4) is 0 Å². The maximum Gasteiger partial charge on any atom is 0.343 e. The summed E-state index contributed by atoms with van der Waals surface area (Å²) in [6, 6.07) is 28.7. The number of likely N-dealkylation sites (tertiary alicyclic amines) is 1. The van der Waals surface area contributed by atoms with Crippen LogP contribution in [-0.4, -0.2) is 58.2 Å². The molecule has 1 heterocycles. The molecule has 2 atom stereocenters. The number of urea groups is 1. The fourth-order valence-corrected chi connectivity index (χ4v) is 5.37. The van der Waals surface area contributed by atoms with Crippen LogP contribution in [0.2, 0.25) is 0 Å². The van der Waals surface area contributed by atoms with E-state index < -0.39 is 34.6 Å². The smallest absolute Gasteiger partial charge is 0.342 e. The second-order valence-corrected chi connectivity index (χ2v) is 10.5. The Morgan fingerprint density at radius 2 is 1.77 bits per heavy atom. The number of rotatable bonds is 9. The zero-order valence-corrected chi connectivity index (χ0v) is 23.7. The fraction of sp³-hybridized carbons (Fsp3) is 0.242. The molecule has 0 aromatic heterocycles. The minimum Gasteiger partial charge on any atom is -0.342 e. The van der Waals surface area contributed by atoms with Crippen LogP contribution in [0.5, 0.6) is 0 Å². The Bertz CT molecular complexity index is 1640. The van der Waals surface area contributed by atoms with Crippen LogP contribution in [0.1, 0.15) is 24.0 Å². The number of nitrogens with one attached hydrogen (secondary N) is 2. The van der Waals surface area contributed by atoms with Crippen LogP contribution in [0.15, 0.2) is 84.9 Å². The number of anilines is 1. The SMILES string of the molecule is CN(Cc1ccccc1)C(=O)[C@H](Cc1ccc2ccccc2c1)NC(=O)[C@@H]1CCCN1C(=O)Nc1ccc#cc1[N+](=O)[O-]. The molecule has 1 aliphatic rings. The van der Waals surface area contributed by atoms with Crippen LogP contribution < -0.4 is 10.6 Å². The number of carbonyl (C=O) groups excluding carboxylic acids is 3. The van der Waals surface area contributed by atoms with Crippen molar-refractivity contribution >= 4 is 40.0 Å². The minimum absolute atomic E-state index is 0.0355. The summed E-state index contributed by atoms with van der Waals surface area (Å²) in [7, 11) is 1.70. The van der Waals surface area contributed by atoms with Crippen molar-refractivity contribution in [3.8, 4) is 0 Å². The first kappa shape index (κ1) is 29.1. The Morgan fingerprint density at radius 3 is 2.53 bits per heavy atom. The molecule has 1 fully saturated rings. The minimum atomic E-state index is -0.881. The van der Waals surface area contributed by atoms with Crippen molar-refractivity contribution in [2.45, 2.75) is 37.9 Å². The van der Waals surface area contributed by atoms with Crippen molar-refractivity contribution in [1.29, 1.82) is 0 Å². The van der Waals surface area contributed by atoms with Crippen molar-refractivity contribution in [2.75, 3.05) is 18.9 Å². The third-order valence-corrected chi connectivity index (χ3v) is 7.53. The third-order valence-electron chi connectivity index (χ3n) is 7.53. The van der Waals surface area contributed by atoms with Crippen molar-refractivity contribution < 1.29 is 19.3 Å². The summed E-state index contributed by atoms with van der Waals surface area (Å²) in [5, 5.41) is 18.9. The van der Waals surface area contributed by atoms with E-state index in [4.69, 9.17) is 0 Å². The summed E-state index contributed by atoms with van der Waals surface area (Å²) in [6.45, 7) is 0.656. The zero-order valence-electron chi connectivity index (χ0n) is 23.7. The molecule has 0 spiro atoms. The number of nitrogens with zero attached hydrogens (tertiary/aromatic N) is 3. The van der Waals surface area contributed by atoms with E-state index in [1.165, 1.54) is 17.0 Å². The number of hydrogen-bond donors (Lipinski definition) is 2. The molecule has 10 heteroatoms. The highest BCUT2D eigenvalue weighted by Crippen LogP contribution is 2.24. The largest absolute Gasteiger partial charge is 0.343 e. The van der Waals surface area contributed by atoms with Crippen molar-refractivity contribution in [2.24, 2.45) is 0 Å². The van der Waals surface area contributed by atoms with Crippen LogP contribution in [0, 0.1) is 22.2 Å². The highest BCUT2D eigenvalue weighted by molar-refractivity contribution is 5.97. The van der Waals surface area contributed by atoms with E-state index in [0.29, 0.717) is 19.4 Å². The average molecular weight is 578 g/mol. The molecule has 2 N–H and O–H groups in total. The van der Waals surface area contributed by atoms with Crippen molar-refractivity contribution in [3.63, 3.8) is 0 Å². The van der Waals surface area contributed by atoms with E-state index in [0.717, 1.165) is 21.9 Å². The van der Waals surface area contributed by atoms with Gasteiger partial charge >= 0.3 is 11.7 Å². The molecule has 4 aromatic carbocycles. The van der Waals surface area contributed by atoms with Crippen LogP contribution >= 0.6 is 0 Å². The zero-order chi connectivity index (χ0) is 30.3. The van der Waals surface area contributed by atoms with E-state index in [1.54, 1.807) is 11.9 Å². The summed E-state index contributed by atoms with van der Waals surface area (Å²) in [6.07, 6.45) is 1.22. The highest BCUT2D eigenvalue weighted by atomic mass is 16.6. The number of fused-ring (bicyclic) bond motifs is 1. The lowest BCUT2D eigenvalue weighted by atomic mass is 10.00. The molecular weight excluding hydrogens is 546 g/mol. The fourth-order valence-electron chi connectivity index (χ4n) is 5.37. The van der Waals surface area contributed by atoms with Crippen molar-refractivity contribution in [1.82, 2.24) is 15.1 Å². The lowest BCUT2D eigenvalue weighted by Gasteiger charge is -2.28. The summed E-state index contributed by atoms with van der Waals surface area (Å²) in [5.74, 6) is -0.714. The van der Waals surface area contributed by atoms with Crippen LogP contribution in [0.25, 0.3) is 10.8 Å². The lowest BCUT2D eigenvalue weighted by Crippen LogP contribution is -2.54. The van der Waals surface area contributed by atoms with Gasteiger partial charge in [-0.3, -0.25) is 19.7 Å². The summed E-state index contributed by atoms with van der Waals surface area (Å²) < 4.78 is 0. The van der Waals surface area contributed by atoms with Crippen LogP contribution in [-0.2, 0) is 22.6 Å². The molecule has 0 bridgehead atoms.